The lowest BCUT2D eigenvalue weighted by Gasteiger charge is -2.28. The van der Waals surface area contributed by atoms with Gasteiger partial charge in [0.05, 0.1) is 0 Å². The highest BCUT2D eigenvalue weighted by Gasteiger charge is 2.39. The summed E-state index contributed by atoms with van der Waals surface area (Å²) in [4.78, 5) is 14.1. The third kappa shape index (κ3) is 2.27. The standard InChI is InChI=1S/C14H17N3O3/c1-14(6-3-7-19-14)13(18)17(2)9-10-4-5-11-12(8-10)16-20-15-11/h4-5,8H,3,6-7,9H2,1-2H3/t14-/m1/s1. The quantitative estimate of drug-likeness (QED) is 0.853. The number of aromatic nitrogens is 2. The van der Waals surface area contributed by atoms with Crippen LogP contribution in [-0.4, -0.2) is 40.4 Å². The van der Waals surface area contributed by atoms with Gasteiger partial charge in [-0.25, -0.2) is 4.63 Å². The number of likely N-dealkylation sites (N-methyl/N-ethyl adjacent to an activating group) is 1. The largest absolute Gasteiger partial charge is 0.365 e. The van der Waals surface area contributed by atoms with Crippen LogP contribution in [0.4, 0.5) is 0 Å². The molecule has 1 atom stereocenters. The Balaban J connectivity index is 1.74. The van der Waals surface area contributed by atoms with Crippen molar-refractivity contribution in [2.24, 2.45) is 0 Å². The minimum absolute atomic E-state index is 0.0216. The number of nitrogens with zero attached hydrogens (tertiary/aromatic N) is 3. The van der Waals surface area contributed by atoms with Gasteiger partial charge in [-0.1, -0.05) is 6.07 Å². The molecule has 0 radical (unpaired) electrons. The second kappa shape index (κ2) is 4.86. The van der Waals surface area contributed by atoms with E-state index >= 15 is 0 Å². The molecule has 0 spiro atoms. The van der Waals surface area contributed by atoms with Gasteiger partial charge in [0.15, 0.2) is 0 Å². The van der Waals surface area contributed by atoms with Crippen molar-refractivity contribution in [2.45, 2.75) is 31.9 Å². The minimum Gasteiger partial charge on any atom is -0.365 e. The van der Waals surface area contributed by atoms with Crippen LogP contribution < -0.4 is 0 Å². The molecule has 106 valence electrons. The molecule has 1 fully saturated rings. The van der Waals surface area contributed by atoms with E-state index in [4.69, 9.17) is 4.74 Å². The summed E-state index contributed by atoms with van der Waals surface area (Å²) in [6, 6.07) is 5.65. The van der Waals surface area contributed by atoms with Gasteiger partial charge in [0.1, 0.15) is 16.6 Å². The highest BCUT2D eigenvalue weighted by molar-refractivity contribution is 5.85. The van der Waals surface area contributed by atoms with Gasteiger partial charge in [-0.15, -0.1) is 0 Å². The Morgan fingerprint density at radius 3 is 2.95 bits per heavy atom. The molecule has 1 saturated heterocycles. The van der Waals surface area contributed by atoms with Gasteiger partial charge in [0.25, 0.3) is 5.91 Å². The number of rotatable bonds is 3. The summed E-state index contributed by atoms with van der Waals surface area (Å²) in [5.74, 6) is 0.0216. The average Bonchev–Trinajstić information content (AvgIpc) is 3.06. The predicted molar refractivity (Wildman–Crippen MR) is 71.9 cm³/mol. The van der Waals surface area contributed by atoms with E-state index in [1.807, 2.05) is 25.1 Å². The number of ether oxygens (including phenoxy) is 1. The van der Waals surface area contributed by atoms with Crippen molar-refractivity contribution < 1.29 is 14.2 Å². The maximum Gasteiger partial charge on any atom is 0.254 e. The van der Waals surface area contributed by atoms with Crippen molar-refractivity contribution in [3.8, 4) is 0 Å². The summed E-state index contributed by atoms with van der Waals surface area (Å²) in [6.07, 6.45) is 1.72. The van der Waals surface area contributed by atoms with Gasteiger partial charge in [0.2, 0.25) is 0 Å². The van der Waals surface area contributed by atoms with E-state index in [2.05, 4.69) is 14.9 Å². The van der Waals surface area contributed by atoms with Crippen LogP contribution in [0.1, 0.15) is 25.3 Å². The van der Waals surface area contributed by atoms with E-state index in [1.165, 1.54) is 0 Å². The molecule has 1 aliphatic heterocycles. The summed E-state index contributed by atoms with van der Waals surface area (Å²) >= 11 is 0. The van der Waals surface area contributed by atoms with Gasteiger partial charge < -0.3 is 9.64 Å². The summed E-state index contributed by atoms with van der Waals surface area (Å²) in [5.41, 5.74) is 1.74. The fourth-order valence-corrected chi connectivity index (χ4v) is 2.62. The Morgan fingerprint density at radius 1 is 1.40 bits per heavy atom. The molecular weight excluding hydrogens is 258 g/mol. The van der Waals surface area contributed by atoms with E-state index in [9.17, 15) is 4.79 Å². The molecular formula is C14H17N3O3. The molecule has 6 heteroatoms. The lowest BCUT2D eigenvalue weighted by atomic mass is 10.0. The molecule has 0 N–H and O–H groups in total. The molecule has 0 saturated carbocycles. The van der Waals surface area contributed by atoms with Crippen LogP contribution in [0.3, 0.4) is 0 Å². The topological polar surface area (TPSA) is 68.5 Å². The van der Waals surface area contributed by atoms with Crippen molar-refractivity contribution in [3.05, 3.63) is 23.8 Å². The third-order valence-electron chi connectivity index (χ3n) is 3.76. The molecule has 2 aromatic rings. The first-order valence-electron chi connectivity index (χ1n) is 6.69. The van der Waals surface area contributed by atoms with E-state index < -0.39 is 5.60 Å². The van der Waals surface area contributed by atoms with E-state index in [-0.39, 0.29) is 5.91 Å². The van der Waals surface area contributed by atoms with E-state index in [0.717, 1.165) is 18.4 Å². The molecule has 6 nitrogen and oxygen atoms in total. The molecule has 20 heavy (non-hydrogen) atoms. The molecule has 1 aromatic carbocycles. The number of carbonyl (C=O) groups excluding carboxylic acids is 1. The van der Waals surface area contributed by atoms with Gasteiger partial charge >= 0.3 is 0 Å². The van der Waals surface area contributed by atoms with Crippen molar-refractivity contribution >= 4 is 16.9 Å². The zero-order valence-electron chi connectivity index (χ0n) is 11.6. The smallest absolute Gasteiger partial charge is 0.254 e. The lowest BCUT2D eigenvalue weighted by molar-refractivity contribution is -0.150. The Bertz CT molecular complexity index is 631. The summed E-state index contributed by atoms with van der Waals surface area (Å²) in [5, 5.41) is 7.57. The second-order valence-corrected chi connectivity index (χ2v) is 5.43. The maximum atomic E-state index is 12.4. The molecule has 0 aliphatic carbocycles. The van der Waals surface area contributed by atoms with E-state index in [1.54, 1.807) is 11.9 Å². The fraction of sp³-hybridized carbons (Fsp3) is 0.500. The van der Waals surface area contributed by atoms with Crippen LogP contribution in [-0.2, 0) is 16.1 Å². The first-order chi connectivity index (χ1) is 9.58. The van der Waals surface area contributed by atoms with Gasteiger partial charge in [-0.3, -0.25) is 4.79 Å². The molecule has 2 heterocycles. The molecule has 1 aromatic heterocycles. The molecule has 1 amide bonds. The monoisotopic (exact) mass is 275 g/mol. The second-order valence-electron chi connectivity index (χ2n) is 5.43. The van der Waals surface area contributed by atoms with Crippen LogP contribution in [0.25, 0.3) is 11.0 Å². The Labute approximate surface area is 116 Å². The van der Waals surface area contributed by atoms with Crippen molar-refractivity contribution in [3.63, 3.8) is 0 Å². The number of benzene rings is 1. The average molecular weight is 275 g/mol. The van der Waals surface area contributed by atoms with E-state index in [0.29, 0.717) is 24.2 Å². The first kappa shape index (κ1) is 13.1. The summed E-state index contributed by atoms with van der Waals surface area (Å²) in [7, 11) is 1.79. The van der Waals surface area contributed by atoms with Crippen LogP contribution in [0.5, 0.6) is 0 Å². The lowest BCUT2D eigenvalue weighted by Crippen LogP contribution is -2.44. The Hall–Kier alpha value is -1.95. The number of carbonyl (C=O) groups is 1. The van der Waals surface area contributed by atoms with Crippen LogP contribution >= 0.6 is 0 Å². The number of hydrogen-bond acceptors (Lipinski definition) is 5. The normalized spacial score (nSPS) is 22.3. The minimum atomic E-state index is -0.672. The van der Waals surface area contributed by atoms with Gasteiger partial charge in [0, 0.05) is 20.2 Å². The van der Waals surface area contributed by atoms with Crippen molar-refractivity contribution in [1.29, 1.82) is 0 Å². The third-order valence-corrected chi connectivity index (χ3v) is 3.76. The Kier molecular flexibility index (Phi) is 3.17. The van der Waals surface area contributed by atoms with Crippen molar-refractivity contribution in [1.82, 2.24) is 15.2 Å². The Morgan fingerprint density at radius 2 is 2.20 bits per heavy atom. The highest BCUT2D eigenvalue weighted by atomic mass is 16.6. The van der Waals surface area contributed by atoms with Crippen LogP contribution in [0, 0.1) is 0 Å². The number of fused-ring (bicyclic) bond motifs is 1. The van der Waals surface area contributed by atoms with Crippen LogP contribution in [0.2, 0.25) is 0 Å². The van der Waals surface area contributed by atoms with Crippen LogP contribution in [0.15, 0.2) is 22.8 Å². The molecule has 0 unspecified atom stereocenters. The summed E-state index contributed by atoms with van der Waals surface area (Å²) in [6.45, 7) is 3.04. The molecule has 1 aliphatic rings. The zero-order valence-corrected chi connectivity index (χ0v) is 11.6. The number of amides is 1. The molecule has 0 bridgehead atoms. The van der Waals surface area contributed by atoms with Crippen molar-refractivity contribution in [2.75, 3.05) is 13.7 Å². The number of hydrogen-bond donors (Lipinski definition) is 0. The van der Waals surface area contributed by atoms with Gasteiger partial charge in [-0.05, 0) is 47.8 Å². The first-order valence-corrected chi connectivity index (χ1v) is 6.69. The van der Waals surface area contributed by atoms with Gasteiger partial charge in [-0.2, -0.15) is 0 Å². The highest BCUT2D eigenvalue weighted by Crippen LogP contribution is 2.27. The zero-order chi connectivity index (χ0) is 14.2. The predicted octanol–water partition coefficient (Wildman–Crippen LogP) is 1.75. The fourth-order valence-electron chi connectivity index (χ4n) is 2.62. The molecule has 3 rings (SSSR count). The SMILES string of the molecule is CN(Cc1ccc2nonc2c1)C(=O)[C@@]1(C)CCCO1. The summed E-state index contributed by atoms with van der Waals surface area (Å²) < 4.78 is 10.3. The maximum absolute atomic E-state index is 12.4.